The van der Waals surface area contributed by atoms with Crippen molar-refractivity contribution in [1.82, 2.24) is 9.97 Å². The van der Waals surface area contributed by atoms with E-state index in [1.807, 2.05) is 13.8 Å². The number of hydrogen-bond donors (Lipinski definition) is 12. The number of aromatic amines is 1. The van der Waals surface area contributed by atoms with Crippen molar-refractivity contribution in [3.8, 4) is 0 Å². The molecule has 306 valence electrons. The Morgan fingerprint density at radius 2 is 1.82 bits per heavy atom. The number of amides is 1. The van der Waals surface area contributed by atoms with Gasteiger partial charge in [-0.1, -0.05) is 12.1 Å². The van der Waals surface area contributed by atoms with Crippen LogP contribution in [0.3, 0.4) is 0 Å². The van der Waals surface area contributed by atoms with Crippen LogP contribution in [-0.2, 0) is 43.9 Å². The van der Waals surface area contributed by atoms with Gasteiger partial charge in [0, 0.05) is 30.6 Å². The Balaban J connectivity index is 1.25. The second-order valence-electron chi connectivity index (χ2n) is 13.0. The van der Waals surface area contributed by atoms with Crippen LogP contribution in [0.1, 0.15) is 32.3 Å². The number of aliphatic carboxylic acids is 2. The van der Waals surface area contributed by atoms with Gasteiger partial charge in [0.2, 0.25) is 12.4 Å². The molecule has 0 radical (unpaired) electrons. The number of nitrogens with one attached hydrogen (secondary N) is 3. The molecule has 0 saturated carbocycles. The summed E-state index contributed by atoms with van der Waals surface area (Å²) in [4.78, 5) is 64.3. The van der Waals surface area contributed by atoms with Gasteiger partial charge in [0.1, 0.15) is 30.5 Å². The van der Waals surface area contributed by atoms with E-state index >= 15 is 0 Å². The average Bonchev–Trinajstić information content (AvgIpc) is 3.38. The second kappa shape index (κ2) is 18.6. The molecule has 1 fully saturated rings. The number of carboxylic acids is 2. The molecule has 2 aliphatic rings. The van der Waals surface area contributed by atoms with E-state index in [4.69, 9.17) is 25.4 Å². The molecule has 1 aromatic carbocycles. The number of anilines is 4. The first-order chi connectivity index (χ1) is 25.8. The van der Waals surface area contributed by atoms with Crippen LogP contribution in [0.5, 0.6) is 0 Å². The fourth-order valence-corrected chi connectivity index (χ4v) is 7.05. The maximum atomic E-state index is 12.6. The molecule has 13 N–H and O–H groups in total. The summed E-state index contributed by atoms with van der Waals surface area (Å²) < 4.78 is 32.0. The van der Waals surface area contributed by atoms with Crippen LogP contribution >= 0.6 is 7.82 Å². The molecular weight excluding hydrogens is 759 g/mol. The number of benzene rings is 1. The monoisotopic (exact) mass is 804 g/mol. The predicted octanol–water partition coefficient (Wildman–Crippen LogP) is -2.46. The van der Waals surface area contributed by atoms with Crippen molar-refractivity contribution in [2.24, 2.45) is 0 Å². The minimum atomic E-state index is -5.12. The molecule has 12 atom stereocenters. The molecular formula is C31H45N6O17P. The third-order valence-corrected chi connectivity index (χ3v) is 9.88. The molecule has 1 amide bonds. The largest absolute Gasteiger partial charge is 0.481 e. The molecule has 8 unspecified atom stereocenters. The number of phosphoric ester groups is 1. The van der Waals surface area contributed by atoms with E-state index in [1.54, 1.807) is 24.3 Å². The van der Waals surface area contributed by atoms with Crippen molar-refractivity contribution in [2.45, 2.75) is 100 Å². The van der Waals surface area contributed by atoms with E-state index in [1.165, 1.54) is 4.90 Å². The predicted molar refractivity (Wildman–Crippen MR) is 188 cm³/mol. The van der Waals surface area contributed by atoms with Crippen LogP contribution in [-0.4, -0.2) is 149 Å². The van der Waals surface area contributed by atoms with Gasteiger partial charge in [0.15, 0.2) is 23.9 Å². The second-order valence-corrected chi connectivity index (χ2v) is 14.4. The van der Waals surface area contributed by atoms with E-state index in [9.17, 15) is 54.2 Å². The zero-order chi connectivity index (χ0) is 40.8. The van der Waals surface area contributed by atoms with Gasteiger partial charge in [-0.05, 0) is 38.0 Å². The number of hydrogen-bond acceptors (Lipinski definition) is 18. The van der Waals surface area contributed by atoms with E-state index < -0.39 is 112 Å². The minimum Gasteiger partial charge on any atom is -0.481 e. The van der Waals surface area contributed by atoms with Crippen molar-refractivity contribution < 1.29 is 78.1 Å². The molecule has 55 heavy (non-hydrogen) atoms. The van der Waals surface area contributed by atoms with Gasteiger partial charge in [-0.15, -0.1) is 0 Å². The topological polar surface area (TPSA) is 366 Å². The number of phosphoric acid groups is 1. The van der Waals surface area contributed by atoms with Crippen molar-refractivity contribution in [1.29, 1.82) is 0 Å². The number of aromatic nitrogens is 2. The molecule has 2 aliphatic heterocycles. The van der Waals surface area contributed by atoms with Crippen molar-refractivity contribution in [3.05, 3.63) is 40.2 Å². The molecule has 1 aromatic heterocycles. The summed E-state index contributed by atoms with van der Waals surface area (Å²) in [5.41, 5.74) is 6.29. The number of aliphatic hydroxyl groups is 5. The highest BCUT2D eigenvalue weighted by Crippen LogP contribution is 2.46. The molecule has 2 aromatic rings. The Morgan fingerprint density at radius 1 is 1.15 bits per heavy atom. The number of carbonyl (C=O) groups is 3. The normalized spacial score (nSPS) is 26.1. The Morgan fingerprint density at radius 3 is 2.44 bits per heavy atom. The number of carbonyl (C=O) groups excluding carboxylic acids is 1. The average molecular weight is 805 g/mol. The summed E-state index contributed by atoms with van der Waals surface area (Å²) in [6, 6.07) is 5.44. The number of H-pyrrole nitrogens is 1. The number of ether oxygens (including phenoxy) is 2. The zero-order valence-electron chi connectivity index (χ0n) is 29.4. The number of aliphatic hydroxyl groups excluding tert-OH is 5. The number of nitrogens with zero attached hydrogens (tertiary/aromatic N) is 2. The lowest BCUT2D eigenvalue weighted by atomic mass is 9.97. The molecule has 24 heteroatoms. The summed E-state index contributed by atoms with van der Waals surface area (Å²) in [6.07, 6.45) is -14.6. The van der Waals surface area contributed by atoms with Crippen molar-refractivity contribution in [2.75, 3.05) is 34.5 Å². The Labute approximate surface area is 312 Å². The number of nitrogen functional groups attached to an aromatic ring is 1. The van der Waals surface area contributed by atoms with Crippen LogP contribution in [0.15, 0.2) is 29.1 Å². The number of rotatable bonds is 20. The molecule has 1 saturated heterocycles. The van der Waals surface area contributed by atoms with Crippen LogP contribution in [0, 0.1) is 0 Å². The summed E-state index contributed by atoms with van der Waals surface area (Å²) in [5, 5.41) is 76.5. The van der Waals surface area contributed by atoms with E-state index in [2.05, 4.69) is 29.6 Å². The Kier molecular flexibility index (Phi) is 14.7. The Bertz CT molecular complexity index is 1750. The molecule has 0 spiro atoms. The first kappa shape index (κ1) is 43.5. The van der Waals surface area contributed by atoms with E-state index in [-0.39, 0.29) is 29.9 Å². The lowest BCUT2D eigenvalue weighted by Crippen LogP contribution is -2.58. The summed E-state index contributed by atoms with van der Waals surface area (Å²) >= 11 is 0. The molecule has 0 aliphatic carbocycles. The maximum absolute atomic E-state index is 12.6. The van der Waals surface area contributed by atoms with Gasteiger partial charge in [0.25, 0.3) is 5.56 Å². The van der Waals surface area contributed by atoms with Crippen molar-refractivity contribution in [3.63, 3.8) is 0 Å². The van der Waals surface area contributed by atoms with Gasteiger partial charge < -0.3 is 66.5 Å². The maximum Gasteiger partial charge on any atom is 0.473 e. The number of fused-ring (bicyclic) bond motifs is 1. The fraction of sp³-hybridized carbons (Fsp3) is 0.581. The van der Waals surface area contributed by atoms with E-state index in [0.29, 0.717) is 17.7 Å². The van der Waals surface area contributed by atoms with E-state index in [0.717, 1.165) is 0 Å². The summed E-state index contributed by atoms with van der Waals surface area (Å²) in [5.74, 6) is -3.02. The van der Waals surface area contributed by atoms with Gasteiger partial charge >= 0.3 is 19.8 Å². The smallest absolute Gasteiger partial charge is 0.473 e. The highest BCUT2D eigenvalue weighted by atomic mass is 31.2. The zero-order valence-corrected chi connectivity index (χ0v) is 30.3. The lowest BCUT2D eigenvalue weighted by Gasteiger charge is -2.42. The highest BCUT2D eigenvalue weighted by Gasteiger charge is 2.45. The summed E-state index contributed by atoms with van der Waals surface area (Å²) in [7, 11) is -5.12. The molecule has 3 heterocycles. The van der Waals surface area contributed by atoms with Gasteiger partial charge in [-0.2, -0.15) is 4.98 Å². The first-order valence-corrected chi connectivity index (χ1v) is 18.3. The van der Waals surface area contributed by atoms with Crippen LogP contribution in [0.25, 0.3) is 0 Å². The SMILES string of the molecule is CC(Nc1ccc(CC(O)C(O)C(O)CO[C@H]2O[C@H](COP(=O)(O)OC(CCC(=O)O)C(=O)O)[C@@H](O)[C@H]2O)cc1)C1C(C)Nc2nc(N)[nH]c(=O)c2N1C=O. The standard InChI is InChI=1S/C31H45N6O17P/c1-13(22-14(2)34-27-23(37(22)12-38)28(46)36-31(32)35-27)33-16-5-3-15(4-6-16)9-17(39)24(43)18(40)10-51-30-26(45)25(44)20(53-30)11-52-55(49,50)54-19(29(47)48)7-8-21(41)42/h3-6,12-14,17-20,22,24-26,30,33,39-40,43-45H,7-11H2,1-2H3,(H,41,42)(H,47,48)(H,49,50)(H4,32,34,35,36,46)/t13?,14?,17?,18?,19?,20-,22?,24?,25-,26-,30+/m1/s1. The highest BCUT2D eigenvalue weighted by molar-refractivity contribution is 7.47. The number of nitrogens with two attached hydrogens (primary N) is 1. The van der Waals surface area contributed by atoms with Crippen LogP contribution in [0.2, 0.25) is 0 Å². The third-order valence-electron chi connectivity index (χ3n) is 8.88. The van der Waals surface area contributed by atoms with Gasteiger partial charge in [0.05, 0.1) is 25.4 Å². The molecule has 23 nitrogen and oxygen atoms in total. The first-order valence-electron chi connectivity index (χ1n) is 16.8. The van der Waals surface area contributed by atoms with Crippen LogP contribution in [0.4, 0.5) is 23.1 Å². The van der Waals surface area contributed by atoms with Crippen molar-refractivity contribution >= 4 is 49.3 Å². The third kappa shape index (κ3) is 11.2. The minimum absolute atomic E-state index is 0.0313. The fourth-order valence-electron chi connectivity index (χ4n) is 6.13. The quantitative estimate of drug-likeness (QED) is 0.0487. The molecule has 0 bridgehead atoms. The summed E-state index contributed by atoms with van der Waals surface area (Å²) in [6.45, 7) is 2.02. The Hall–Kier alpha value is -4.26. The van der Waals surface area contributed by atoms with Gasteiger partial charge in [-0.25, -0.2) is 9.36 Å². The van der Waals surface area contributed by atoms with Gasteiger partial charge in [-0.3, -0.25) is 33.3 Å². The molecule has 4 rings (SSSR count). The van der Waals surface area contributed by atoms with Crippen LogP contribution < -0.4 is 26.8 Å². The lowest BCUT2D eigenvalue weighted by molar-refractivity contribution is -0.192. The number of carboxylic acid groups (broad SMARTS) is 2.